The van der Waals surface area contributed by atoms with Crippen LogP contribution in [0.2, 0.25) is 0 Å². The van der Waals surface area contributed by atoms with Crippen molar-refractivity contribution >= 4 is 17.2 Å². The SMILES string of the molecule is Cc1ccc(CNC(=O)C(C)N2CCCC2c2cccs2)cc1. The number of nitrogens with zero attached hydrogens (tertiary/aromatic N) is 1. The van der Waals surface area contributed by atoms with Gasteiger partial charge < -0.3 is 5.32 Å². The number of likely N-dealkylation sites (tertiary alicyclic amines) is 1. The van der Waals surface area contributed by atoms with E-state index >= 15 is 0 Å². The number of carbonyl (C=O) groups is 1. The molecule has 23 heavy (non-hydrogen) atoms. The average Bonchev–Trinajstić information content (AvgIpc) is 3.23. The molecule has 1 aliphatic rings. The van der Waals surface area contributed by atoms with Gasteiger partial charge in [0.25, 0.3) is 0 Å². The third-order valence-corrected chi connectivity index (χ3v) is 5.60. The molecule has 2 atom stereocenters. The van der Waals surface area contributed by atoms with Gasteiger partial charge >= 0.3 is 0 Å². The highest BCUT2D eigenvalue weighted by Crippen LogP contribution is 2.35. The lowest BCUT2D eigenvalue weighted by atomic mass is 10.1. The van der Waals surface area contributed by atoms with E-state index in [2.05, 4.69) is 58.9 Å². The lowest BCUT2D eigenvalue weighted by Crippen LogP contribution is -2.44. The molecule has 1 amide bonds. The number of aryl methyl sites for hydroxylation is 1. The number of thiophene rings is 1. The first-order chi connectivity index (χ1) is 11.1. The van der Waals surface area contributed by atoms with Crippen LogP contribution in [0.1, 0.15) is 41.8 Å². The molecule has 0 bridgehead atoms. The Morgan fingerprint density at radius 1 is 1.35 bits per heavy atom. The molecule has 1 aliphatic heterocycles. The Morgan fingerprint density at radius 2 is 2.13 bits per heavy atom. The zero-order valence-corrected chi connectivity index (χ0v) is 14.6. The summed E-state index contributed by atoms with van der Waals surface area (Å²) >= 11 is 1.79. The summed E-state index contributed by atoms with van der Waals surface area (Å²) in [4.78, 5) is 16.3. The second kappa shape index (κ2) is 7.28. The number of amides is 1. The molecule has 1 fully saturated rings. The molecule has 3 nitrogen and oxygen atoms in total. The van der Waals surface area contributed by atoms with Gasteiger partial charge in [0, 0.05) is 17.5 Å². The minimum absolute atomic E-state index is 0.0879. The first-order valence-electron chi connectivity index (χ1n) is 8.27. The maximum atomic E-state index is 12.5. The first kappa shape index (κ1) is 16.2. The normalized spacial score (nSPS) is 19.7. The molecule has 1 N–H and O–H groups in total. The molecule has 1 aromatic heterocycles. The van der Waals surface area contributed by atoms with Gasteiger partial charge in [-0.2, -0.15) is 0 Å². The Hall–Kier alpha value is -1.65. The predicted octanol–water partition coefficient (Wildman–Crippen LogP) is 3.90. The predicted molar refractivity (Wildman–Crippen MR) is 95.5 cm³/mol. The minimum Gasteiger partial charge on any atom is -0.351 e. The maximum absolute atomic E-state index is 12.5. The van der Waals surface area contributed by atoms with Crippen molar-refractivity contribution in [1.82, 2.24) is 10.2 Å². The molecule has 2 aromatic rings. The van der Waals surface area contributed by atoms with Gasteiger partial charge in [-0.1, -0.05) is 35.9 Å². The topological polar surface area (TPSA) is 32.3 Å². The number of hydrogen-bond donors (Lipinski definition) is 1. The molecule has 0 aliphatic carbocycles. The van der Waals surface area contributed by atoms with E-state index < -0.39 is 0 Å². The van der Waals surface area contributed by atoms with Crippen molar-refractivity contribution in [2.24, 2.45) is 0 Å². The Morgan fingerprint density at radius 3 is 2.83 bits per heavy atom. The number of benzene rings is 1. The molecule has 2 heterocycles. The van der Waals surface area contributed by atoms with Crippen LogP contribution in [0.4, 0.5) is 0 Å². The quantitative estimate of drug-likeness (QED) is 0.903. The van der Waals surface area contributed by atoms with E-state index in [0.717, 1.165) is 24.9 Å². The van der Waals surface area contributed by atoms with Gasteiger partial charge in [-0.25, -0.2) is 0 Å². The van der Waals surface area contributed by atoms with Crippen molar-refractivity contribution in [3.8, 4) is 0 Å². The van der Waals surface area contributed by atoms with Gasteiger partial charge in [-0.3, -0.25) is 9.69 Å². The number of hydrogen-bond acceptors (Lipinski definition) is 3. The van der Waals surface area contributed by atoms with Gasteiger partial charge in [-0.05, 0) is 50.2 Å². The lowest BCUT2D eigenvalue weighted by molar-refractivity contribution is -0.126. The molecule has 0 spiro atoms. The van der Waals surface area contributed by atoms with Crippen LogP contribution in [0.3, 0.4) is 0 Å². The summed E-state index contributed by atoms with van der Waals surface area (Å²) in [6.45, 7) is 5.70. The van der Waals surface area contributed by atoms with Crippen LogP contribution in [-0.4, -0.2) is 23.4 Å². The standard InChI is InChI=1S/C19H24N2OS/c1-14-7-9-16(10-8-14)13-20-19(22)15(2)21-11-3-5-17(21)18-6-4-12-23-18/h4,6-10,12,15,17H,3,5,11,13H2,1-2H3,(H,20,22). The maximum Gasteiger partial charge on any atom is 0.237 e. The summed E-state index contributed by atoms with van der Waals surface area (Å²) in [5, 5.41) is 5.20. The number of rotatable bonds is 5. The van der Waals surface area contributed by atoms with Crippen molar-refractivity contribution in [3.63, 3.8) is 0 Å². The summed E-state index contributed by atoms with van der Waals surface area (Å²) in [7, 11) is 0. The summed E-state index contributed by atoms with van der Waals surface area (Å²) < 4.78 is 0. The minimum atomic E-state index is -0.0879. The summed E-state index contributed by atoms with van der Waals surface area (Å²) in [5.41, 5.74) is 2.39. The molecular weight excluding hydrogens is 304 g/mol. The summed E-state index contributed by atoms with van der Waals surface area (Å²) in [6, 6.07) is 12.9. The van der Waals surface area contributed by atoms with E-state index in [0.29, 0.717) is 12.6 Å². The molecule has 1 aromatic carbocycles. The van der Waals surface area contributed by atoms with Crippen LogP contribution in [0.25, 0.3) is 0 Å². The molecule has 1 saturated heterocycles. The fourth-order valence-electron chi connectivity index (χ4n) is 3.23. The van der Waals surface area contributed by atoms with Crippen molar-refractivity contribution in [2.75, 3.05) is 6.54 Å². The molecule has 3 rings (SSSR count). The Kier molecular flexibility index (Phi) is 5.13. The third kappa shape index (κ3) is 3.82. The van der Waals surface area contributed by atoms with Crippen molar-refractivity contribution in [3.05, 3.63) is 57.8 Å². The van der Waals surface area contributed by atoms with E-state index in [1.807, 2.05) is 6.92 Å². The Labute approximate surface area is 142 Å². The number of carbonyl (C=O) groups excluding carboxylic acids is 1. The smallest absolute Gasteiger partial charge is 0.237 e. The molecule has 4 heteroatoms. The first-order valence-corrected chi connectivity index (χ1v) is 9.15. The van der Waals surface area contributed by atoms with E-state index in [1.165, 1.54) is 10.4 Å². The molecule has 2 unspecified atom stereocenters. The van der Waals surface area contributed by atoms with Gasteiger partial charge in [0.1, 0.15) is 0 Å². The average molecular weight is 328 g/mol. The highest BCUT2D eigenvalue weighted by molar-refractivity contribution is 7.10. The van der Waals surface area contributed by atoms with E-state index in [-0.39, 0.29) is 11.9 Å². The van der Waals surface area contributed by atoms with E-state index in [1.54, 1.807) is 11.3 Å². The lowest BCUT2D eigenvalue weighted by Gasteiger charge is -2.29. The van der Waals surface area contributed by atoms with Gasteiger partial charge in [0.05, 0.1) is 6.04 Å². The Bertz CT molecular complexity index is 636. The molecule has 122 valence electrons. The number of nitrogens with one attached hydrogen (secondary N) is 1. The van der Waals surface area contributed by atoms with Crippen molar-refractivity contribution in [1.29, 1.82) is 0 Å². The van der Waals surface area contributed by atoms with Crippen LogP contribution in [0.15, 0.2) is 41.8 Å². The van der Waals surface area contributed by atoms with Gasteiger partial charge in [-0.15, -0.1) is 11.3 Å². The Balaban J connectivity index is 1.59. The summed E-state index contributed by atoms with van der Waals surface area (Å²) in [6.07, 6.45) is 2.31. The highest BCUT2D eigenvalue weighted by atomic mass is 32.1. The highest BCUT2D eigenvalue weighted by Gasteiger charge is 2.33. The van der Waals surface area contributed by atoms with Crippen LogP contribution < -0.4 is 5.32 Å². The van der Waals surface area contributed by atoms with Gasteiger partial charge in [0.2, 0.25) is 5.91 Å². The summed E-state index contributed by atoms with van der Waals surface area (Å²) in [5.74, 6) is 0.119. The van der Waals surface area contributed by atoms with Crippen molar-refractivity contribution in [2.45, 2.75) is 45.3 Å². The van der Waals surface area contributed by atoms with Gasteiger partial charge in [0.15, 0.2) is 0 Å². The zero-order chi connectivity index (χ0) is 16.2. The fourth-order valence-corrected chi connectivity index (χ4v) is 4.11. The monoisotopic (exact) mass is 328 g/mol. The zero-order valence-electron chi connectivity index (χ0n) is 13.8. The van der Waals surface area contributed by atoms with Crippen LogP contribution in [0.5, 0.6) is 0 Å². The molecular formula is C19H24N2OS. The van der Waals surface area contributed by atoms with Crippen molar-refractivity contribution < 1.29 is 4.79 Å². The molecule has 0 saturated carbocycles. The van der Waals surface area contributed by atoms with Crippen LogP contribution in [-0.2, 0) is 11.3 Å². The van der Waals surface area contributed by atoms with E-state index in [9.17, 15) is 4.79 Å². The second-order valence-corrected chi connectivity index (χ2v) is 7.27. The largest absolute Gasteiger partial charge is 0.351 e. The third-order valence-electron chi connectivity index (χ3n) is 4.63. The van der Waals surface area contributed by atoms with Crippen LogP contribution >= 0.6 is 11.3 Å². The molecule has 0 radical (unpaired) electrons. The van der Waals surface area contributed by atoms with Crippen LogP contribution in [0, 0.1) is 6.92 Å². The second-order valence-electron chi connectivity index (χ2n) is 6.29. The van der Waals surface area contributed by atoms with E-state index in [4.69, 9.17) is 0 Å². The fraction of sp³-hybridized carbons (Fsp3) is 0.421.